The van der Waals surface area contributed by atoms with Crippen molar-refractivity contribution in [3.05, 3.63) is 0 Å². The van der Waals surface area contributed by atoms with Gasteiger partial charge in [-0.15, -0.1) is 0 Å². The van der Waals surface area contributed by atoms with Gasteiger partial charge in [0.05, 0.1) is 0 Å². The molecule has 0 N–H and O–H groups in total. The van der Waals surface area contributed by atoms with Gasteiger partial charge in [0, 0.05) is 6.54 Å². The molecular formula is C7H11ClN4. The Morgan fingerprint density at radius 2 is 2.50 bits per heavy atom. The lowest BCUT2D eigenvalue weighted by Crippen LogP contribution is -2.32. The molecule has 66 valence electrons. The third-order valence-corrected chi connectivity index (χ3v) is 2.09. The predicted molar refractivity (Wildman–Crippen MR) is 47.2 cm³/mol. The number of halogens is 1. The van der Waals surface area contributed by atoms with Crippen molar-refractivity contribution >= 4 is 17.9 Å². The number of nitrogens with zero attached hydrogens (tertiary/aromatic N) is 4. The molecule has 12 heavy (non-hydrogen) atoms. The summed E-state index contributed by atoms with van der Waals surface area (Å²) in [5, 5.41) is 14.2. The highest BCUT2D eigenvalue weighted by molar-refractivity contribution is 6.21. The first-order valence-electron chi connectivity index (χ1n) is 3.92. The molecular weight excluding hydrogens is 176 g/mol. The fraction of sp³-hybridized carbons (Fsp3) is 0.714. The number of hydrogen-bond donors (Lipinski definition) is 0. The van der Waals surface area contributed by atoms with E-state index < -0.39 is 5.62 Å². The average molecular weight is 187 g/mol. The molecule has 1 atom stereocenters. The Morgan fingerprint density at radius 3 is 3.00 bits per heavy atom. The van der Waals surface area contributed by atoms with E-state index >= 15 is 0 Å². The zero-order chi connectivity index (χ0) is 8.97. The molecule has 0 fully saturated rings. The summed E-state index contributed by atoms with van der Waals surface area (Å²) in [6.45, 7) is 2.91. The minimum absolute atomic E-state index is 0.429. The van der Waals surface area contributed by atoms with Crippen molar-refractivity contribution in [1.29, 1.82) is 5.26 Å². The molecule has 0 aromatic rings. The van der Waals surface area contributed by atoms with Gasteiger partial charge in [-0.1, -0.05) is 24.9 Å². The van der Waals surface area contributed by atoms with E-state index in [-0.39, 0.29) is 0 Å². The van der Waals surface area contributed by atoms with Crippen LogP contribution in [0.15, 0.2) is 5.10 Å². The van der Waals surface area contributed by atoms with Crippen LogP contribution in [0.4, 0.5) is 0 Å². The minimum Gasteiger partial charge on any atom is -0.258 e. The van der Waals surface area contributed by atoms with Crippen LogP contribution in [0.5, 0.6) is 0 Å². The molecule has 1 aliphatic heterocycles. The van der Waals surface area contributed by atoms with Crippen LogP contribution in [0.25, 0.3) is 0 Å². The van der Waals surface area contributed by atoms with Crippen LogP contribution in [-0.4, -0.2) is 28.4 Å². The summed E-state index contributed by atoms with van der Waals surface area (Å²) in [5.41, 5.74) is -0.429. The normalized spacial score (nSPS) is 21.6. The minimum atomic E-state index is -0.429. The smallest absolute Gasteiger partial charge is 0.208 e. The Morgan fingerprint density at radius 1 is 1.75 bits per heavy atom. The van der Waals surface area contributed by atoms with Crippen LogP contribution in [0, 0.1) is 11.5 Å². The number of alkyl halides is 1. The van der Waals surface area contributed by atoms with E-state index in [2.05, 4.69) is 12.0 Å². The first-order chi connectivity index (χ1) is 5.79. The summed E-state index contributed by atoms with van der Waals surface area (Å²) in [6.07, 6.45) is 5.52. The molecule has 1 rings (SSSR count). The van der Waals surface area contributed by atoms with Crippen LogP contribution in [-0.2, 0) is 0 Å². The average Bonchev–Trinajstić information content (AvgIpc) is 2.43. The van der Waals surface area contributed by atoms with Gasteiger partial charge in [-0.25, -0.2) is 4.90 Å². The molecule has 1 heterocycles. The summed E-state index contributed by atoms with van der Waals surface area (Å²) in [5.74, 6) is 0. The highest BCUT2D eigenvalue weighted by Gasteiger charge is 2.24. The zero-order valence-electron chi connectivity index (χ0n) is 6.94. The molecule has 0 bridgehead atoms. The SMILES string of the molecule is CCCCN1N=CN(C#N)C1Cl. The molecule has 0 aliphatic carbocycles. The molecule has 0 radical (unpaired) electrons. The maximum atomic E-state index is 8.55. The fourth-order valence-corrected chi connectivity index (χ4v) is 1.18. The van der Waals surface area contributed by atoms with Crippen LogP contribution in [0.2, 0.25) is 0 Å². The number of hydrogen-bond acceptors (Lipinski definition) is 4. The third-order valence-electron chi connectivity index (χ3n) is 1.66. The van der Waals surface area contributed by atoms with Crippen molar-refractivity contribution in [2.45, 2.75) is 25.4 Å². The molecule has 0 saturated carbocycles. The maximum absolute atomic E-state index is 8.55. The Labute approximate surface area is 77.0 Å². The van der Waals surface area contributed by atoms with Gasteiger partial charge in [-0.2, -0.15) is 10.4 Å². The van der Waals surface area contributed by atoms with Crippen molar-refractivity contribution in [2.75, 3.05) is 6.54 Å². The molecule has 1 aliphatic rings. The summed E-state index contributed by atoms with van der Waals surface area (Å²) in [7, 11) is 0. The van der Waals surface area contributed by atoms with Crippen LogP contribution in [0.1, 0.15) is 19.8 Å². The second kappa shape index (κ2) is 4.17. The summed E-state index contributed by atoms with van der Waals surface area (Å²) in [4.78, 5) is 1.32. The van der Waals surface area contributed by atoms with Crippen molar-refractivity contribution in [2.24, 2.45) is 5.10 Å². The van der Waals surface area contributed by atoms with Gasteiger partial charge in [-0.05, 0) is 6.42 Å². The second-order valence-electron chi connectivity index (χ2n) is 2.57. The van der Waals surface area contributed by atoms with Crippen molar-refractivity contribution in [3.8, 4) is 6.19 Å². The van der Waals surface area contributed by atoms with E-state index in [0.717, 1.165) is 19.4 Å². The second-order valence-corrected chi connectivity index (χ2v) is 2.96. The highest BCUT2D eigenvalue weighted by Crippen LogP contribution is 2.15. The third kappa shape index (κ3) is 1.80. The molecule has 4 nitrogen and oxygen atoms in total. The van der Waals surface area contributed by atoms with Gasteiger partial charge in [0.1, 0.15) is 6.34 Å². The van der Waals surface area contributed by atoms with Crippen molar-refractivity contribution in [1.82, 2.24) is 9.91 Å². The first-order valence-corrected chi connectivity index (χ1v) is 4.36. The van der Waals surface area contributed by atoms with Gasteiger partial charge < -0.3 is 0 Å². The van der Waals surface area contributed by atoms with Crippen molar-refractivity contribution < 1.29 is 0 Å². The molecule has 0 spiro atoms. The van der Waals surface area contributed by atoms with Gasteiger partial charge >= 0.3 is 0 Å². The van der Waals surface area contributed by atoms with E-state index in [1.54, 1.807) is 5.01 Å². The number of unbranched alkanes of at least 4 members (excludes halogenated alkanes) is 1. The monoisotopic (exact) mass is 186 g/mol. The molecule has 1 unspecified atom stereocenters. The zero-order valence-corrected chi connectivity index (χ0v) is 7.70. The largest absolute Gasteiger partial charge is 0.258 e. The molecule has 0 aromatic carbocycles. The Balaban J connectivity index is 2.40. The Hall–Kier alpha value is -0.950. The highest BCUT2D eigenvalue weighted by atomic mass is 35.5. The Kier molecular flexibility index (Phi) is 3.18. The molecule has 0 aromatic heterocycles. The maximum Gasteiger partial charge on any atom is 0.208 e. The molecule has 0 amide bonds. The van der Waals surface area contributed by atoms with Gasteiger partial charge in [0.2, 0.25) is 5.62 Å². The number of rotatable bonds is 3. The van der Waals surface area contributed by atoms with E-state index in [1.165, 1.54) is 11.2 Å². The Bertz CT molecular complexity index is 210. The number of hydrazone groups is 1. The van der Waals surface area contributed by atoms with E-state index in [1.807, 2.05) is 6.19 Å². The lowest BCUT2D eigenvalue weighted by Gasteiger charge is -2.19. The standard InChI is InChI=1S/C7H11ClN4/c1-2-3-4-12-7(8)11(5-9)6-10-12/h6-7H,2-4H2,1H3. The summed E-state index contributed by atoms with van der Waals surface area (Å²) in [6, 6.07) is 0. The lowest BCUT2D eigenvalue weighted by atomic mass is 10.3. The van der Waals surface area contributed by atoms with E-state index in [0.29, 0.717) is 0 Å². The first kappa shape index (κ1) is 9.14. The van der Waals surface area contributed by atoms with Crippen LogP contribution >= 0.6 is 11.6 Å². The molecule has 0 saturated heterocycles. The quantitative estimate of drug-likeness (QED) is 0.380. The predicted octanol–water partition coefficient (Wildman–Crippen LogP) is 1.35. The van der Waals surface area contributed by atoms with E-state index in [4.69, 9.17) is 16.9 Å². The molecule has 5 heteroatoms. The van der Waals surface area contributed by atoms with Gasteiger partial charge in [0.15, 0.2) is 6.19 Å². The fourth-order valence-electron chi connectivity index (χ4n) is 0.933. The number of nitriles is 1. The van der Waals surface area contributed by atoms with E-state index in [9.17, 15) is 0 Å². The van der Waals surface area contributed by atoms with Gasteiger partial charge in [-0.3, -0.25) is 5.01 Å². The summed E-state index contributed by atoms with van der Waals surface area (Å²) >= 11 is 5.88. The topological polar surface area (TPSA) is 42.6 Å². The van der Waals surface area contributed by atoms with Crippen LogP contribution < -0.4 is 0 Å². The lowest BCUT2D eigenvalue weighted by molar-refractivity contribution is 0.228. The van der Waals surface area contributed by atoms with Crippen molar-refractivity contribution in [3.63, 3.8) is 0 Å². The van der Waals surface area contributed by atoms with Crippen LogP contribution in [0.3, 0.4) is 0 Å². The van der Waals surface area contributed by atoms with Gasteiger partial charge in [0.25, 0.3) is 0 Å². The summed E-state index contributed by atoms with van der Waals surface area (Å²) < 4.78 is 0.